The van der Waals surface area contributed by atoms with Crippen molar-refractivity contribution in [3.05, 3.63) is 63.1 Å². The minimum atomic E-state index is -0.441. The Kier molecular flexibility index (Phi) is 4.71. The zero-order chi connectivity index (χ0) is 16.4. The second-order valence-corrected chi connectivity index (χ2v) is 5.90. The number of nitrogens with zero attached hydrogens (tertiary/aromatic N) is 1. The van der Waals surface area contributed by atoms with E-state index in [1.165, 1.54) is 0 Å². The Morgan fingerprint density at radius 2 is 1.73 bits per heavy atom. The van der Waals surface area contributed by atoms with Crippen molar-refractivity contribution < 1.29 is 4.74 Å². The van der Waals surface area contributed by atoms with Crippen molar-refractivity contribution in [2.24, 2.45) is 5.73 Å². The lowest BCUT2D eigenvalue weighted by atomic mass is 9.96. The summed E-state index contributed by atoms with van der Waals surface area (Å²) in [5.74, 6) is 0.774. The topological polar surface area (TPSA) is 57.2 Å². The third kappa shape index (κ3) is 2.92. The van der Waals surface area contributed by atoms with Crippen LogP contribution in [0.15, 0.2) is 35.1 Å². The molecule has 118 valence electrons. The van der Waals surface area contributed by atoms with Crippen molar-refractivity contribution in [1.29, 1.82) is 0 Å². The summed E-state index contributed by atoms with van der Waals surface area (Å²) < 4.78 is 6.96. The molecule has 0 radical (unpaired) electrons. The normalized spacial score (nSPS) is 12.5. The first-order chi connectivity index (χ1) is 10.4. The fourth-order valence-corrected chi connectivity index (χ4v) is 2.92. The first-order valence-electron chi connectivity index (χ1n) is 7.49. The van der Waals surface area contributed by atoms with Crippen molar-refractivity contribution in [1.82, 2.24) is 4.57 Å². The van der Waals surface area contributed by atoms with Gasteiger partial charge < -0.3 is 15.0 Å². The number of methoxy groups -OCH3 is 1. The van der Waals surface area contributed by atoms with Gasteiger partial charge in [-0.1, -0.05) is 12.1 Å². The maximum Gasteiger partial charge on any atom is 0.256 e. The third-order valence-corrected chi connectivity index (χ3v) is 3.98. The summed E-state index contributed by atoms with van der Waals surface area (Å²) >= 11 is 0. The van der Waals surface area contributed by atoms with Crippen LogP contribution in [0.5, 0.6) is 5.75 Å². The van der Waals surface area contributed by atoms with Crippen molar-refractivity contribution in [3.8, 4) is 5.75 Å². The maximum atomic E-state index is 12.8. The predicted octanol–water partition coefficient (Wildman–Crippen LogP) is 3.10. The number of hydrogen-bond donors (Lipinski definition) is 1. The van der Waals surface area contributed by atoms with Gasteiger partial charge in [0, 0.05) is 17.3 Å². The van der Waals surface area contributed by atoms with E-state index in [1.807, 2.05) is 58.0 Å². The summed E-state index contributed by atoms with van der Waals surface area (Å²) in [6.45, 7) is 7.91. The van der Waals surface area contributed by atoms with Gasteiger partial charge in [0.1, 0.15) is 5.75 Å². The van der Waals surface area contributed by atoms with Gasteiger partial charge in [-0.2, -0.15) is 0 Å². The first-order valence-corrected chi connectivity index (χ1v) is 7.49. The molecule has 1 unspecified atom stereocenters. The lowest BCUT2D eigenvalue weighted by Crippen LogP contribution is -2.32. The molecular weight excluding hydrogens is 276 g/mol. The first kappa shape index (κ1) is 16.3. The van der Waals surface area contributed by atoms with Crippen LogP contribution in [-0.2, 0) is 0 Å². The third-order valence-electron chi connectivity index (χ3n) is 3.98. The molecule has 1 atom stereocenters. The van der Waals surface area contributed by atoms with Gasteiger partial charge in [0.15, 0.2) is 0 Å². The van der Waals surface area contributed by atoms with Gasteiger partial charge in [-0.3, -0.25) is 4.79 Å². The lowest BCUT2D eigenvalue weighted by Gasteiger charge is -2.21. The van der Waals surface area contributed by atoms with Crippen molar-refractivity contribution in [3.63, 3.8) is 0 Å². The molecule has 0 saturated carbocycles. The van der Waals surface area contributed by atoms with E-state index in [0.29, 0.717) is 5.56 Å². The van der Waals surface area contributed by atoms with Crippen LogP contribution in [0.3, 0.4) is 0 Å². The van der Waals surface area contributed by atoms with Crippen LogP contribution in [0.1, 0.15) is 48.3 Å². The summed E-state index contributed by atoms with van der Waals surface area (Å²) in [6, 6.07) is 9.22. The molecule has 1 aromatic heterocycles. The highest BCUT2D eigenvalue weighted by Crippen LogP contribution is 2.23. The zero-order valence-electron chi connectivity index (χ0n) is 13.9. The highest BCUT2D eigenvalue weighted by molar-refractivity contribution is 5.38. The van der Waals surface area contributed by atoms with Crippen LogP contribution < -0.4 is 16.0 Å². The molecule has 0 aliphatic carbocycles. The van der Waals surface area contributed by atoms with Crippen LogP contribution in [0.25, 0.3) is 0 Å². The summed E-state index contributed by atoms with van der Waals surface area (Å²) in [5.41, 5.74) is 9.82. The number of rotatable bonds is 4. The minimum Gasteiger partial charge on any atom is -0.497 e. The van der Waals surface area contributed by atoms with Crippen molar-refractivity contribution in [2.45, 2.75) is 39.8 Å². The standard InChI is InChI=1S/C18H24N2O2/c1-11(2)20-13(4)10-12(3)16(18(20)21)17(19)14-6-8-15(22-5)9-7-14/h6-11,17H,19H2,1-5H3. The fraction of sp³-hybridized carbons (Fsp3) is 0.389. The zero-order valence-corrected chi connectivity index (χ0v) is 13.9. The number of hydrogen-bond acceptors (Lipinski definition) is 3. The van der Waals surface area contributed by atoms with E-state index in [-0.39, 0.29) is 11.6 Å². The molecule has 2 N–H and O–H groups in total. The second-order valence-electron chi connectivity index (χ2n) is 5.90. The van der Waals surface area contributed by atoms with Gasteiger partial charge >= 0.3 is 0 Å². The molecule has 0 fully saturated rings. The number of nitrogens with two attached hydrogens (primary N) is 1. The van der Waals surface area contributed by atoms with Gasteiger partial charge in [-0.15, -0.1) is 0 Å². The molecular formula is C18H24N2O2. The molecule has 0 bridgehead atoms. The molecule has 22 heavy (non-hydrogen) atoms. The number of pyridine rings is 1. The van der Waals surface area contributed by atoms with Crippen molar-refractivity contribution >= 4 is 0 Å². The number of aryl methyl sites for hydroxylation is 2. The lowest BCUT2D eigenvalue weighted by molar-refractivity contribution is 0.414. The fourth-order valence-electron chi connectivity index (χ4n) is 2.92. The number of aromatic nitrogens is 1. The predicted molar refractivity (Wildman–Crippen MR) is 89.6 cm³/mol. The Bertz CT molecular complexity index is 715. The van der Waals surface area contributed by atoms with Crippen LogP contribution in [0.4, 0.5) is 0 Å². The average Bonchev–Trinajstić information content (AvgIpc) is 2.46. The maximum absolute atomic E-state index is 12.8. The van der Waals surface area contributed by atoms with E-state index in [4.69, 9.17) is 10.5 Å². The Hall–Kier alpha value is -2.07. The molecule has 2 aromatic rings. The van der Waals surface area contributed by atoms with Crippen LogP contribution in [-0.4, -0.2) is 11.7 Å². The molecule has 4 nitrogen and oxygen atoms in total. The SMILES string of the molecule is COc1ccc(C(N)c2c(C)cc(C)n(C(C)C)c2=O)cc1. The van der Waals surface area contributed by atoms with Crippen molar-refractivity contribution in [2.75, 3.05) is 7.11 Å². The van der Waals surface area contributed by atoms with Gasteiger partial charge in [0.05, 0.1) is 13.2 Å². The summed E-state index contributed by atoms with van der Waals surface area (Å²) in [7, 11) is 1.63. The Morgan fingerprint density at radius 1 is 1.14 bits per heavy atom. The molecule has 1 aromatic carbocycles. The minimum absolute atomic E-state index is 0.00387. The van der Waals surface area contributed by atoms with E-state index < -0.39 is 6.04 Å². The summed E-state index contributed by atoms with van der Waals surface area (Å²) in [6.07, 6.45) is 0. The molecule has 4 heteroatoms. The van der Waals surface area contributed by atoms with E-state index in [9.17, 15) is 4.79 Å². The molecule has 1 heterocycles. The molecule has 0 aliphatic rings. The van der Waals surface area contributed by atoms with Crippen LogP contribution in [0, 0.1) is 13.8 Å². The highest BCUT2D eigenvalue weighted by atomic mass is 16.5. The van der Waals surface area contributed by atoms with E-state index >= 15 is 0 Å². The molecule has 0 amide bonds. The molecule has 0 spiro atoms. The van der Waals surface area contributed by atoms with E-state index in [2.05, 4.69) is 0 Å². The second kappa shape index (κ2) is 6.36. The Labute approximate surface area is 131 Å². The number of benzene rings is 1. The summed E-state index contributed by atoms with van der Waals surface area (Å²) in [4.78, 5) is 12.8. The molecule has 0 aliphatic heterocycles. The van der Waals surface area contributed by atoms with E-state index in [1.54, 1.807) is 11.7 Å². The Morgan fingerprint density at radius 3 is 2.23 bits per heavy atom. The largest absolute Gasteiger partial charge is 0.497 e. The smallest absolute Gasteiger partial charge is 0.256 e. The highest BCUT2D eigenvalue weighted by Gasteiger charge is 2.19. The van der Waals surface area contributed by atoms with Crippen LogP contribution >= 0.6 is 0 Å². The Balaban J connectivity index is 2.55. The van der Waals surface area contributed by atoms with Gasteiger partial charge in [0.2, 0.25) is 0 Å². The van der Waals surface area contributed by atoms with E-state index in [0.717, 1.165) is 22.6 Å². The van der Waals surface area contributed by atoms with Gasteiger partial charge in [0.25, 0.3) is 5.56 Å². The molecule has 0 saturated heterocycles. The quantitative estimate of drug-likeness (QED) is 0.944. The number of ether oxygens (including phenoxy) is 1. The van der Waals surface area contributed by atoms with Gasteiger partial charge in [-0.25, -0.2) is 0 Å². The monoisotopic (exact) mass is 300 g/mol. The summed E-state index contributed by atoms with van der Waals surface area (Å²) in [5, 5.41) is 0. The molecule has 2 rings (SSSR count). The van der Waals surface area contributed by atoms with Gasteiger partial charge in [-0.05, 0) is 57.0 Å². The average molecular weight is 300 g/mol. The van der Waals surface area contributed by atoms with Crippen LogP contribution in [0.2, 0.25) is 0 Å².